The molecule has 28 heavy (non-hydrogen) atoms. The van der Waals surface area contributed by atoms with Gasteiger partial charge in [-0.05, 0) is 42.7 Å². The van der Waals surface area contributed by atoms with Gasteiger partial charge < -0.3 is 9.30 Å². The Morgan fingerprint density at radius 3 is 2.79 bits per heavy atom. The SMILES string of the molecule is Cc1ccc(C)c(Cn2cccc2C2=N[C@H](CSCc3ccccc3)CO2)c1. The third-order valence-electron chi connectivity index (χ3n) is 5.03. The van der Waals surface area contributed by atoms with Crippen molar-refractivity contribution in [3.63, 3.8) is 0 Å². The fourth-order valence-corrected chi connectivity index (χ4v) is 4.42. The standard InChI is InChI=1S/C24H26N2OS/c1-18-10-11-19(2)21(13-18)14-26-12-6-9-23(26)24-25-22(15-27-24)17-28-16-20-7-4-3-5-8-20/h3-13,22H,14-17H2,1-2H3/t22-/m0/s1. The lowest BCUT2D eigenvalue weighted by atomic mass is 10.1. The molecule has 0 saturated carbocycles. The molecule has 2 aromatic carbocycles. The van der Waals surface area contributed by atoms with Crippen LogP contribution >= 0.6 is 11.8 Å². The van der Waals surface area contributed by atoms with Gasteiger partial charge in [-0.2, -0.15) is 11.8 Å². The molecule has 4 rings (SSSR count). The van der Waals surface area contributed by atoms with Crippen LogP contribution in [0.1, 0.15) is 27.9 Å². The van der Waals surface area contributed by atoms with E-state index < -0.39 is 0 Å². The molecule has 1 aliphatic rings. The lowest BCUT2D eigenvalue weighted by Gasteiger charge is -2.12. The molecular weight excluding hydrogens is 364 g/mol. The molecule has 144 valence electrons. The summed E-state index contributed by atoms with van der Waals surface area (Å²) in [5, 5.41) is 0. The van der Waals surface area contributed by atoms with Crippen LogP contribution < -0.4 is 0 Å². The summed E-state index contributed by atoms with van der Waals surface area (Å²) in [6.07, 6.45) is 2.11. The highest BCUT2D eigenvalue weighted by molar-refractivity contribution is 7.98. The summed E-state index contributed by atoms with van der Waals surface area (Å²) in [6, 6.07) is 21.6. The number of aliphatic imine (C=N–C) groups is 1. The van der Waals surface area contributed by atoms with Gasteiger partial charge in [-0.3, -0.25) is 0 Å². The first-order valence-corrected chi connectivity index (χ1v) is 10.9. The van der Waals surface area contributed by atoms with Gasteiger partial charge in [-0.1, -0.05) is 54.1 Å². The van der Waals surface area contributed by atoms with Gasteiger partial charge in [-0.25, -0.2) is 4.99 Å². The third kappa shape index (κ3) is 4.50. The zero-order chi connectivity index (χ0) is 19.3. The second-order valence-corrected chi connectivity index (χ2v) is 8.38. The van der Waals surface area contributed by atoms with Crippen molar-refractivity contribution in [2.75, 3.05) is 12.4 Å². The van der Waals surface area contributed by atoms with Gasteiger partial charge in [0.15, 0.2) is 0 Å². The maximum Gasteiger partial charge on any atom is 0.233 e. The van der Waals surface area contributed by atoms with Crippen LogP contribution in [0.2, 0.25) is 0 Å². The smallest absolute Gasteiger partial charge is 0.233 e. The summed E-state index contributed by atoms with van der Waals surface area (Å²) in [5.41, 5.74) is 6.37. The Balaban J connectivity index is 1.40. The number of nitrogens with zero attached hydrogens (tertiary/aromatic N) is 2. The van der Waals surface area contributed by atoms with Crippen molar-refractivity contribution in [3.05, 3.63) is 94.8 Å². The molecule has 3 aromatic rings. The molecule has 0 spiro atoms. The molecule has 0 unspecified atom stereocenters. The Labute approximate surface area is 171 Å². The summed E-state index contributed by atoms with van der Waals surface area (Å²) >= 11 is 1.92. The van der Waals surface area contributed by atoms with Crippen molar-refractivity contribution in [2.24, 2.45) is 4.99 Å². The van der Waals surface area contributed by atoms with Crippen LogP contribution in [0.25, 0.3) is 0 Å². The first kappa shape index (κ1) is 18.9. The van der Waals surface area contributed by atoms with E-state index in [1.54, 1.807) is 0 Å². The molecule has 0 N–H and O–H groups in total. The van der Waals surface area contributed by atoms with Gasteiger partial charge in [-0.15, -0.1) is 0 Å². The summed E-state index contributed by atoms with van der Waals surface area (Å²) in [4.78, 5) is 4.86. The molecular formula is C24H26N2OS. The third-order valence-corrected chi connectivity index (χ3v) is 6.19. The van der Waals surface area contributed by atoms with Gasteiger partial charge in [0.05, 0.1) is 6.04 Å². The van der Waals surface area contributed by atoms with Crippen LogP contribution in [-0.2, 0) is 17.0 Å². The molecule has 0 fully saturated rings. The molecule has 1 aliphatic heterocycles. The highest BCUT2D eigenvalue weighted by atomic mass is 32.2. The lowest BCUT2D eigenvalue weighted by molar-refractivity contribution is 0.323. The summed E-state index contributed by atoms with van der Waals surface area (Å²) in [7, 11) is 0. The predicted molar refractivity (Wildman–Crippen MR) is 118 cm³/mol. The summed E-state index contributed by atoms with van der Waals surface area (Å²) in [6.45, 7) is 5.82. The molecule has 1 aromatic heterocycles. The molecule has 3 nitrogen and oxygen atoms in total. The monoisotopic (exact) mass is 390 g/mol. The number of benzene rings is 2. The first-order chi connectivity index (χ1) is 13.7. The predicted octanol–water partition coefficient (Wildman–Crippen LogP) is 5.23. The van der Waals surface area contributed by atoms with Crippen LogP contribution in [-0.4, -0.2) is 28.9 Å². The zero-order valence-electron chi connectivity index (χ0n) is 16.5. The van der Waals surface area contributed by atoms with E-state index in [0.717, 1.165) is 29.6 Å². The van der Waals surface area contributed by atoms with Crippen molar-refractivity contribution in [2.45, 2.75) is 32.2 Å². The highest BCUT2D eigenvalue weighted by Gasteiger charge is 2.22. The van der Waals surface area contributed by atoms with E-state index in [9.17, 15) is 0 Å². The number of aromatic nitrogens is 1. The Hall–Kier alpha value is -2.46. The lowest BCUT2D eigenvalue weighted by Crippen LogP contribution is -2.11. The van der Waals surface area contributed by atoms with Crippen LogP contribution in [0.4, 0.5) is 0 Å². The Bertz CT molecular complexity index is 962. The normalized spacial score (nSPS) is 16.1. The second-order valence-electron chi connectivity index (χ2n) is 7.35. The molecule has 0 radical (unpaired) electrons. The van der Waals surface area contributed by atoms with Crippen LogP contribution in [0.3, 0.4) is 0 Å². The second kappa shape index (κ2) is 8.70. The number of thioether (sulfide) groups is 1. The average molecular weight is 391 g/mol. The van der Waals surface area contributed by atoms with Crippen LogP contribution in [0.5, 0.6) is 0 Å². The average Bonchev–Trinajstić information content (AvgIpc) is 3.35. The quantitative estimate of drug-likeness (QED) is 0.552. The first-order valence-electron chi connectivity index (χ1n) is 9.73. The fraction of sp³-hybridized carbons (Fsp3) is 0.292. The van der Waals surface area contributed by atoms with Gasteiger partial charge >= 0.3 is 0 Å². The molecule has 0 bridgehead atoms. The van der Waals surface area contributed by atoms with E-state index >= 15 is 0 Å². The maximum absolute atomic E-state index is 5.96. The number of aryl methyl sites for hydroxylation is 2. The van der Waals surface area contributed by atoms with Crippen molar-refractivity contribution in [3.8, 4) is 0 Å². The van der Waals surface area contributed by atoms with Crippen LogP contribution in [0.15, 0.2) is 71.9 Å². The van der Waals surface area contributed by atoms with E-state index in [1.807, 2.05) is 11.8 Å². The van der Waals surface area contributed by atoms with Gasteiger partial charge in [0.2, 0.25) is 5.90 Å². The topological polar surface area (TPSA) is 26.5 Å². The zero-order valence-corrected chi connectivity index (χ0v) is 17.3. The summed E-state index contributed by atoms with van der Waals surface area (Å²) in [5.74, 6) is 2.78. The van der Waals surface area contributed by atoms with E-state index in [-0.39, 0.29) is 6.04 Å². The Kier molecular flexibility index (Phi) is 5.87. The molecule has 2 heterocycles. The molecule has 1 atom stereocenters. The molecule has 4 heteroatoms. The minimum Gasteiger partial charge on any atom is -0.474 e. The number of ether oxygens (including phenoxy) is 1. The highest BCUT2D eigenvalue weighted by Crippen LogP contribution is 2.20. The number of rotatable bonds is 7. The Morgan fingerprint density at radius 2 is 1.93 bits per heavy atom. The Morgan fingerprint density at radius 1 is 1.07 bits per heavy atom. The number of hydrogen-bond donors (Lipinski definition) is 0. The molecule has 0 saturated heterocycles. The molecule has 0 amide bonds. The van der Waals surface area contributed by atoms with E-state index in [2.05, 4.69) is 85.3 Å². The van der Waals surface area contributed by atoms with Crippen molar-refractivity contribution < 1.29 is 4.74 Å². The maximum atomic E-state index is 5.96. The van der Waals surface area contributed by atoms with E-state index in [0.29, 0.717) is 6.61 Å². The largest absolute Gasteiger partial charge is 0.474 e. The minimum absolute atomic E-state index is 0.229. The van der Waals surface area contributed by atoms with Crippen molar-refractivity contribution in [1.82, 2.24) is 4.57 Å². The van der Waals surface area contributed by atoms with Crippen molar-refractivity contribution in [1.29, 1.82) is 0 Å². The van der Waals surface area contributed by atoms with Gasteiger partial charge in [0.25, 0.3) is 0 Å². The number of hydrogen-bond acceptors (Lipinski definition) is 3. The van der Waals surface area contributed by atoms with Crippen LogP contribution in [0, 0.1) is 13.8 Å². The van der Waals surface area contributed by atoms with Gasteiger partial charge in [0, 0.05) is 24.2 Å². The minimum atomic E-state index is 0.229. The fourth-order valence-electron chi connectivity index (χ4n) is 3.43. The van der Waals surface area contributed by atoms with E-state index in [1.165, 1.54) is 22.3 Å². The van der Waals surface area contributed by atoms with Gasteiger partial charge in [0.1, 0.15) is 12.3 Å². The molecule has 0 aliphatic carbocycles. The summed E-state index contributed by atoms with van der Waals surface area (Å²) < 4.78 is 8.20. The van der Waals surface area contributed by atoms with E-state index in [4.69, 9.17) is 9.73 Å². The van der Waals surface area contributed by atoms with Crippen molar-refractivity contribution >= 4 is 17.7 Å².